The molecule has 0 amide bonds. The second-order valence-corrected chi connectivity index (χ2v) is 7.37. The zero-order valence-electron chi connectivity index (χ0n) is 11.7. The summed E-state index contributed by atoms with van der Waals surface area (Å²) in [5.41, 5.74) is 1.63. The van der Waals surface area contributed by atoms with Crippen molar-refractivity contribution in [1.29, 1.82) is 0 Å². The second-order valence-electron chi connectivity index (χ2n) is 5.41. The molecule has 0 radical (unpaired) electrons. The van der Waals surface area contributed by atoms with Crippen molar-refractivity contribution >= 4 is 15.4 Å². The first-order valence-electron chi connectivity index (χ1n) is 6.99. The van der Waals surface area contributed by atoms with Crippen molar-refractivity contribution in [3.05, 3.63) is 30.0 Å². The fourth-order valence-corrected chi connectivity index (χ4v) is 3.17. The van der Waals surface area contributed by atoms with Gasteiger partial charge < -0.3 is 5.11 Å². The molecule has 2 rings (SSSR count). The molecule has 0 unspecified atom stereocenters. The van der Waals surface area contributed by atoms with Gasteiger partial charge in [-0.05, 0) is 36.0 Å². The number of aliphatic hydroxyl groups is 1. The fraction of sp³-hybridized carbons (Fsp3) is 0.533. The molecular weight excluding hydrogens is 274 g/mol. The second kappa shape index (κ2) is 6.50. The Morgan fingerprint density at radius 2 is 2.05 bits per heavy atom. The monoisotopic (exact) mass is 295 g/mol. The Hall–Kier alpha value is -1.20. The minimum Gasteiger partial charge on any atom is -0.392 e. The smallest absolute Gasteiger partial charge is 0.192 e. The van der Waals surface area contributed by atoms with Crippen molar-refractivity contribution in [1.82, 2.24) is 4.98 Å². The average Bonchev–Trinajstić information content (AvgIpc) is 2.45. The molecule has 1 aromatic rings. The van der Waals surface area contributed by atoms with Crippen molar-refractivity contribution in [2.24, 2.45) is 5.92 Å². The van der Waals surface area contributed by atoms with Crippen molar-refractivity contribution in [3.63, 3.8) is 0 Å². The normalized spacial score (nSPS) is 18.2. The number of rotatable bonds is 4. The number of pyridine rings is 1. The Labute approximate surface area is 120 Å². The highest BCUT2D eigenvalue weighted by Crippen LogP contribution is 2.27. The molecule has 1 N–H and O–H groups in total. The molecule has 0 saturated heterocycles. The van der Waals surface area contributed by atoms with Crippen LogP contribution >= 0.6 is 0 Å². The first-order chi connectivity index (χ1) is 9.50. The fourth-order valence-electron chi connectivity index (χ4n) is 2.62. The molecule has 1 aliphatic carbocycles. The molecule has 1 saturated carbocycles. The number of allylic oxidation sites excluding steroid dienone is 1. The third-order valence-corrected chi connectivity index (χ3v) is 4.75. The van der Waals surface area contributed by atoms with E-state index in [0.717, 1.165) is 17.4 Å². The van der Waals surface area contributed by atoms with E-state index in [1.54, 1.807) is 6.07 Å². The predicted molar refractivity (Wildman–Crippen MR) is 79.0 cm³/mol. The number of hydrogen-bond acceptors (Lipinski definition) is 4. The molecule has 1 aliphatic rings. The molecule has 0 atom stereocenters. The molecule has 110 valence electrons. The van der Waals surface area contributed by atoms with E-state index in [2.05, 4.69) is 11.1 Å². The van der Waals surface area contributed by atoms with Gasteiger partial charge in [0, 0.05) is 12.5 Å². The van der Waals surface area contributed by atoms with E-state index in [1.165, 1.54) is 44.4 Å². The van der Waals surface area contributed by atoms with Crippen LogP contribution in [-0.2, 0) is 9.84 Å². The highest BCUT2D eigenvalue weighted by Gasteiger charge is 2.14. The number of hydrogen-bond donors (Lipinski definition) is 1. The Kier molecular flexibility index (Phi) is 4.94. The lowest BCUT2D eigenvalue weighted by atomic mass is 9.87. The SMILES string of the molecule is CS(=O)(=O)c1ccc(C(=CC2CCCCC2)CO)cn1. The van der Waals surface area contributed by atoms with Crippen LogP contribution in [0.3, 0.4) is 0 Å². The summed E-state index contributed by atoms with van der Waals surface area (Å²) in [5, 5.41) is 9.59. The predicted octanol–water partition coefficient (Wildman–Crippen LogP) is 2.44. The number of aromatic nitrogens is 1. The maximum absolute atomic E-state index is 11.4. The standard InChI is InChI=1S/C15H21NO3S/c1-20(18,19)15-8-7-13(10-16-15)14(11-17)9-12-5-3-2-4-6-12/h7-10,12,17H,2-6,11H2,1H3. The zero-order valence-corrected chi connectivity index (χ0v) is 12.6. The Balaban J connectivity index is 2.21. The van der Waals surface area contributed by atoms with Gasteiger partial charge in [-0.15, -0.1) is 0 Å². The maximum Gasteiger partial charge on any atom is 0.192 e. The summed E-state index contributed by atoms with van der Waals surface area (Å²) in [6, 6.07) is 3.21. The molecule has 1 fully saturated rings. The highest BCUT2D eigenvalue weighted by atomic mass is 32.2. The summed E-state index contributed by atoms with van der Waals surface area (Å²) >= 11 is 0. The summed E-state index contributed by atoms with van der Waals surface area (Å²) in [4.78, 5) is 3.97. The van der Waals surface area contributed by atoms with Crippen molar-refractivity contribution in [2.45, 2.75) is 37.1 Å². The van der Waals surface area contributed by atoms with E-state index in [4.69, 9.17) is 0 Å². The van der Waals surface area contributed by atoms with E-state index in [-0.39, 0.29) is 11.6 Å². The molecule has 0 aromatic carbocycles. The topological polar surface area (TPSA) is 67.3 Å². The highest BCUT2D eigenvalue weighted by molar-refractivity contribution is 7.90. The molecule has 0 spiro atoms. The summed E-state index contributed by atoms with van der Waals surface area (Å²) in [6.07, 6.45) is 10.9. The lowest BCUT2D eigenvalue weighted by Gasteiger charge is -2.19. The number of sulfone groups is 1. The number of nitrogens with zero attached hydrogens (tertiary/aromatic N) is 1. The summed E-state index contributed by atoms with van der Waals surface area (Å²) in [6.45, 7) is -0.0452. The molecule has 4 nitrogen and oxygen atoms in total. The van der Waals surface area contributed by atoms with E-state index in [1.807, 2.05) is 0 Å². The molecule has 1 aromatic heterocycles. The lowest BCUT2D eigenvalue weighted by Crippen LogP contribution is -2.06. The van der Waals surface area contributed by atoms with E-state index in [0.29, 0.717) is 5.92 Å². The maximum atomic E-state index is 11.4. The van der Waals surface area contributed by atoms with Crippen molar-refractivity contribution in [3.8, 4) is 0 Å². The van der Waals surface area contributed by atoms with Gasteiger partial charge in [-0.1, -0.05) is 31.4 Å². The van der Waals surface area contributed by atoms with Gasteiger partial charge in [-0.2, -0.15) is 0 Å². The van der Waals surface area contributed by atoms with Crippen LogP contribution in [0.1, 0.15) is 37.7 Å². The van der Waals surface area contributed by atoms with Crippen LogP contribution in [0.5, 0.6) is 0 Å². The van der Waals surface area contributed by atoms with Gasteiger partial charge in [-0.25, -0.2) is 13.4 Å². The van der Waals surface area contributed by atoms with E-state index >= 15 is 0 Å². The van der Waals surface area contributed by atoms with Crippen LogP contribution < -0.4 is 0 Å². The quantitative estimate of drug-likeness (QED) is 0.926. The van der Waals surface area contributed by atoms with Gasteiger partial charge in [0.15, 0.2) is 14.9 Å². The molecule has 0 aliphatic heterocycles. The van der Waals surface area contributed by atoms with Crippen LogP contribution in [0, 0.1) is 5.92 Å². The third kappa shape index (κ3) is 3.90. The molecule has 5 heteroatoms. The summed E-state index contributed by atoms with van der Waals surface area (Å²) in [5.74, 6) is 0.514. The average molecular weight is 295 g/mol. The molecule has 20 heavy (non-hydrogen) atoms. The molecular formula is C15H21NO3S. The van der Waals surface area contributed by atoms with Crippen LogP contribution in [0.2, 0.25) is 0 Å². The summed E-state index contributed by atoms with van der Waals surface area (Å²) in [7, 11) is -3.27. The van der Waals surface area contributed by atoms with E-state index < -0.39 is 9.84 Å². The third-order valence-electron chi connectivity index (χ3n) is 3.74. The molecule has 1 heterocycles. The van der Waals surface area contributed by atoms with Gasteiger partial charge in [0.25, 0.3) is 0 Å². The van der Waals surface area contributed by atoms with Gasteiger partial charge in [-0.3, -0.25) is 0 Å². The van der Waals surface area contributed by atoms with Gasteiger partial charge in [0.2, 0.25) is 0 Å². The van der Waals surface area contributed by atoms with Crippen LogP contribution in [0.15, 0.2) is 29.4 Å². The Morgan fingerprint density at radius 3 is 2.55 bits per heavy atom. The Bertz CT molecular complexity index is 570. The lowest BCUT2D eigenvalue weighted by molar-refractivity contribution is 0.347. The van der Waals surface area contributed by atoms with Gasteiger partial charge in [0.1, 0.15) is 0 Å². The summed E-state index contributed by atoms with van der Waals surface area (Å²) < 4.78 is 22.7. The van der Waals surface area contributed by atoms with Crippen LogP contribution in [0.4, 0.5) is 0 Å². The minimum absolute atomic E-state index is 0.0452. The number of aliphatic hydroxyl groups excluding tert-OH is 1. The van der Waals surface area contributed by atoms with Crippen LogP contribution in [-0.4, -0.2) is 31.4 Å². The zero-order chi connectivity index (χ0) is 14.6. The van der Waals surface area contributed by atoms with E-state index in [9.17, 15) is 13.5 Å². The van der Waals surface area contributed by atoms with Gasteiger partial charge >= 0.3 is 0 Å². The first kappa shape index (κ1) is 15.2. The largest absolute Gasteiger partial charge is 0.392 e. The minimum atomic E-state index is -3.27. The van der Waals surface area contributed by atoms with Crippen molar-refractivity contribution < 1.29 is 13.5 Å². The van der Waals surface area contributed by atoms with Crippen LogP contribution in [0.25, 0.3) is 5.57 Å². The molecule has 0 bridgehead atoms. The van der Waals surface area contributed by atoms with Crippen molar-refractivity contribution in [2.75, 3.05) is 12.9 Å². The van der Waals surface area contributed by atoms with Gasteiger partial charge in [0.05, 0.1) is 6.61 Å². The first-order valence-corrected chi connectivity index (χ1v) is 8.88. The Morgan fingerprint density at radius 1 is 1.35 bits per heavy atom.